The number of esters is 1. The quantitative estimate of drug-likeness (QED) is 0.196. The number of rotatable bonds is 9. The lowest BCUT2D eigenvalue weighted by molar-refractivity contribution is -0.910. The summed E-state index contributed by atoms with van der Waals surface area (Å²) in [6.07, 6.45) is 1.15. The smallest absolute Gasteiger partial charge is 0.305 e. The minimum Gasteiger partial charge on any atom is -1.00 e. The van der Waals surface area contributed by atoms with Gasteiger partial charge in [0.25, 0.3) is 0 Å². The molecule has 0 bridgehead atoms. The highest BCUT2D eigenvalue weighted by molar-refractivity contribution is 5.68. The number of hydrogen-bond donors (Lipinski definition) is 2. The summed E-state index contributed by atoms with van der Waals surface area (Å²) in [5, 5.41) is 17.9. The number of aliphatic hydroxyl groups is 2. The Morgan fingerprint density at radius 2 is 1.71 bits per heavy atom. The molecule has 0 aliphatic carbocycles. The minimum atomic E-state index is -0.182. The molecule has 6 heteroatoms. The molecule has 0 aromatic heterocycles. The molecule has 0 radical (unpaired) electrons. The van der Waals surface area contributed by atoms with Gasteiger partial charge in [0.1, 0.15) is 13.1 Å². The number of carbonyl (C=O) groups excluding carboxylic acids is 1. The molecule has 0 saturated heterocycles. The minimum absolute atomic E-state index is 0. The molecule has 0 fully saturated rings. The molecule has 17 heavy (non-hydrogen) atoms. The first-order chi connectivity index (χ1) is 7.58. The monoisotopic (exact) mass is 361 g/mol. The fourth-order valence-corrected chi connectivity index (χ4v) is 1.55. The maximum absolute atomic E-state index is 10.9. The molecule has 0 aliphatic rings. The largest absolute Gasteiger partial charge is 1.00 e. The number of nitrogens with zero attached hydrogens (tertiary/aromatic N) is 1. The molecular formula is C11H24INO4. The SMILES string of the molecule is CCC(=O)OCCC[N+](C)(CCO)CCO.[I-]. The van der Waals surface area contributed by atoms with Crippen molar-refractivity contribution in [2.75, 3.05) is 46.5 Å². The normalized spacial score (nSPS) is 10.8. The van der Waals surface area contributed by atoms with Crippen LogP contribution in [-0.4, -0.2) is 67.2 Å². The summed E-state index contributed by atoms with van der Waals surface area (Å²) in [6.45, 7) is 4.40. The van der Waals surface area contributed by atoms with Crippen molar-refractivity contribution in [3.8, 4) is 0 Å². The molecule has 2 N–H and O–H groups in total. The summed E-state index contributed by atoms with van der Waals surface area (Å²) < 4.78 is 5.58. The van der Waals surface area contributed by atoms with Crippen molar-refractivity contribution in [3.05, 3.63) is 0 Å². The van der Waals surface area contributed by atoms with Crippen LogP contribution in [0.3, 0.4) is 0 Å². The molecule has 0 amide bonds. The third-order valence-electron chi connectivity index (χ3n) is 2.67. The van der Waals surface area contributed by atoms with E-state index in [0.29, 0.717) is 30.6 Å². The lowest BCUT2D eigenvalue weighted by Gasteiger charge is -2.33. The Hall–Kier alpha value is 0.0800. The van der Waals surface area contributed by atoms with Crippen LogP contribution >= 0.6 is 0 Å². The predicted octanol–water partition coefficient (Wildman–Crippen LogP) is -3.24. The van der Waals surface area contributed by atoms with Crippen molar-refractivity contribution in [1.82, 2.24) is 0 Å². The van der Waals surface area contributed by atoms with Crippen molar-refractivity contribution in [3.63, 3.8) is 0 Å². The van der Waals surface area contributed by atoms with E-state index in [1.165, 1.54) is 0 Å². The van der Waals surface area contributed by atoms with E-state index in [1.807, 2.05) is 7.05 Å². The molecule has 5 nitrogen and oxygen atoms in total. The van der Waals surface area contributed by atoms with Crippen molar-refractivity contribution in [2.45, 2.75) is 19.8 Å². The van der Waals surface area contributed by atoms with Gasteiger partial charge in [0.15, 0.2) is 0 Å². The Labute approximate surface area is 120 Å². The van der Waals surface area contributed by atoms with Gasteiger partial charge in [-0.1, -0.05) is 6.92 Å². The Bertz CT molecular complexity index is 196. The lowest BCUT2D eigenvalue weighted by Crippen LogP contribution is -3.00. The van der Waals surface area contributed by atoms with Gasteiger partial charge in [-0.3, -0.25) is 4.79 Å². The Morgan fingerprint density at radius 3 is 2.12 bits per heavy atom. The molecule has 0 heterocycles. The van der Waals surface area contributed by atoms with Crippen molar-refractivity contribution in [2.24, 2.45) is 0 Å². The average molecular weight is 361 g/mol. The van der Waals surface area contributed by atoms with E-state index in [2.05, 4.69) is 0 Å². The van der Waals surface area contributed by atoms with E-state index in [0.717, 1.165) is 13.0 Å². The topological polar surface area (TPSA) is 66.8 Å². The first-order valence-electron chi connectivity index (χ1n) is 5.79. The van der Waals surface area contributed by atoms with Gasteiger partial charge in [0.05, 0.1) is 33.4 Å². The fraction of sp³-hybridized carbons (Fsp3) is 0.909. The van der Waals surface area contributed by atoms with Crippen LogP contribution in [-0.2, 0) is 9.53 Å². The van der Waals surface area contributed by atoms with Gasteiger partial charge >= 0.3 is 5.97 Å². The summed E-state index contributed by atoms with van der Waals surface area (Å²) >= 11 is 0. The first kappa shape index (κ1) is 19.4. The van der Waals surface area contributed by atoms with Crippen LogP contribution in [0.1, 0.15) is 19.8 Å². The van der Waals surface area contributed by atoms with Gasteiger partial charge in [0, 0.05) is 12.8 Å². The van der Waals surface area contributed by atoms with E-state index < -0.39 is 0 Å². The highest BCUT2D eigenvalue weighted by atomic mass is 127. The third-order valence-corrected chi connectivity index (χ3v) is 2.67. The number of carbonyl (C=O) groups is 1. The van der Waals surface area contributed by atoms with Gasteiger partial charge in [-0.2, -0.15) is 0 Å². The number of quaternary nitrogens is 1. The Balaban J connectivity index is 0. The molecule has 0 saturated carbocycles. The number of hydrogen-bond acceptors (Lipinski definition) is 4. The molecule has 0 rings (SSSR count). The zero-order valence-electron chi connectivity index (χ0n) is 10.7. The van der Waals surface area contributed by atoms with Crippen molar-refractivity contribution >= 4 is 5.97 Å². The standard InChI is InChI=1S/C11H24NO4.HI/c1-3-11(15)16-10-4-5-12(2,6-8-13)7-9-14;/h13-14H,3-10H2,1-2H3;1H/q+1;/p-1. The number of halogens is 1. The number of ether oxygens (including phenoxy) is 1. The van der Waals surface area contributed by atoms with Crippen LogP contribution < -0.4 is 24.0 Å². The van der Waals surface area contributed by atoms with E-state index >= 15 is 0 Å². The van der Waals surface area contributed by atoms with Gasteiger partial charge in [-0.25, -0.2) is 0 Å². The van der Waals surface area contributed by atoms with Crippen LogP contribution in [0.5, 0.6) is 0 Å². The summed E-state index contributed by atoms with van der Waals surface area (Å²) in [5.74, 6) is -0.182. The van der Waals surface area contributed by atoms with Crippen molar-refractivity contribution < 1.29 is 48.2 Å². The zero-order chi connectivity index (χ0) is 12.4. The molecule has 0 spiro atoms. The number of likely N-dealkylation sites (N-methyl/N-ethyl adjacent to an activating group) is 1. The van der Waals surface area contributed by atoms with Crippen LogP contribution in [0.15, 0.2) is 0 Å². The van der Waals surface area contributed by atoms with Gasteiger partial charge in [-0.15, -0.1) is 0 Å². The van der Waals surface area contributed by atoms with Gasteiger partial charge in [-0.05, 0) is 0 Å². The molecule has 0 unspecified atom stereocenters. The van der Waals surface area contributed by atoms with E-state index in [9.17, 15) is 4.79 Å². The van der Waals surface area contributed by atoms with Gasteiger partial charge < -0.3 is 43.4 Å². The molecule has 0 aromatic carbocycles. The second-order valence-electron chi connectivity index (χ2n) is 4.17. The third kappa shape index (κ3) is 9.75. The van der Waals surface area contributed by atoms with Crippen molar-refractivity contribution in [1.29, 1.82) is 0 Å². The average Bonchev–Trinajstić information content (AvgIpc) is 2.25. The summed E-state index contributed by atoms with van der Waals surface area (Å²) in [6, 6.07) is 0. The highest BCUT2D eigenvalue weighted by Crippen LogP contribution is 2.03. The van der Waals surface area contributed by atoms with Gasteiger partial charge in [0.2, 0.25) is 0 Å². The first-order valence-corrected chi connectivity index (χ1v) is 5.79. The van der Waals surface area contributed by atoms with Crippen LogP contribution in [0.2, 0.25) is 0 Å². The second kappa shape index (κ2) is 11.2. The summed E-state index contributed by atoms with van der Waals surface area (Å²) in [7, 11) is 1.98. The Kier molecular flexibility index (Phi) is 12.8. The maximum Gasteiger partial charge on any atom is 0.305 e. The molecular weight excluding hydrogens is 337 g/mol. The van der Waals surface area contributed by atoms with Crippen LogP contribution in [0, 0.1) is 0 Å². The zero-order valence-corrected chi connectivity index (χ0v) is 12.9. The Morgan fingerprint density at radius 1 is 1.18 bits per heavy atom. The lowest BCUT2D eigenvalue weighted by atomic mass is 10.3. The van der Waals surface area contributed by atoms with E-state index in [4.69, 9.17) is 14.9 Å². The molecule has 0 aromatic rings. The summed E-state index contributed by atoms with van der Waals surface area (Å²) in [5.41, 5.74) is 0. The van der Waals surface area contributed by atoms with Crippen LogP contribution in [0.25, 0.3) is 0 Å². The summed E-state index contributed by atoms with van der Waals surface area (Å²) in [4.78, 5) is 10.9. The molecule has 0 aliphatic heterocycles. The maximum atomic E-state index is 10.9. The van der Waals surface area contributed by atoms with E-state index in [1.54, 1.807) is 6.92 Å². The molecule has 104 valence electrons. The fourth-order valence-electron chi connectivity index (χ4n) is 1.55. The highest BCUT2D eigenvalue weighted by Gasteiger charge is 2.19. The van der Waals surface area contributed by atoms with E-state index in [-0.39, 0.29) is 43.2 Å². The predicted molar refractivity (Wildman–Crippen MR) is 60.8 cm³/mol. The number of aliphatic hydroxyl groups excluding tert-OH is 2. The second-order valence-corrected chi connectivity index (χ2v) is 4.17. The van der Waals surface area contributed by atoms with Crippen LogP contribution in [0.4, 0.5) is 0 Å². The molecule has 0 atom stereocenters.